The minimum atomic E-state index is 0.671. The summed E-state index contributed by atoms with van der Waals surface area (Å²) in [6, 6.07) is 9.63. The largest absolute Gasteiger partial charge is 0.241 e. The number of aromatic nitrogens is 2. The lowest BCUT2D eigenvalue weighted by molar-refractivity contribution is 0.601. The molecule has 0 atom stereocenters. The van der Waals surface area contributed by atoms with Crippen molar-refractivity contribution in [3.8, 4) is 17.2 Å². The van der Waals surface area contributed by atoms with E-state index in [-0.39, 0.29) is 0 Å². The molecule has 1 aromatic heterocycles. The molecule has 1 aromatic carbocycles. The zero-order chi connectivity index (χ0) is 15.6. The number of rotatable bonds is 8. The highest BCUT2D eigenvalue weighted by Gasteiger charge is 2.01. The number of benzene rings is 1. The van der Waals surface area contributed by atoms with Gasteiger partial charge in [-0.15, -0.1) is 0 Å². The predicted molar refractivity (Wildman–Crippen MR) is 89.3 cm³/mol. The standard InChI is InChI=1S/C19H23N3/c1-2-3-4-5-6-7-8-19-21-14-18(15-22-19)17-11-9-16(13-20)10-12-17/h9-12,14-15H,2-8H2,1H3. The van der Waals surface area contributed by atoms with Gasteiger partial charge in [0.25, 0.3) is 0 Å². The highest BCUT2D eigenvalue weighted by molar-refractivity contribution is 5.62. The lowest BCUT2D eigenvalue weighted by Gasteiger charge is -2.03. The molecular formula is C19H23N3. The Morgan fingerprint density at radius 3 is 2.14 bits per heavy atom. The Labute approximate surface area is 133 Å². The smallest absolute Gasteiger partial charge is 0.128 e. The van der Waals surface area contributed by atoms with Crippen molar-refractivity contribution in [3.05, 3.63) is 48.0 Å². The second-order valence-corrected chi connectivity index (χ2v) is 5.59. The van der Waals surface area contributed by atoms with Crippen molar-refractivity contribution in [2.75, 3.05) is 0 Å². The van der Waals surface area contributed by atoms with Crippen molar-refractivity contribution in [1.29, 1.82) is 5.26 Å². The van der Waals surface area contributed by atoms with E-state index in [9.17, 15) is 0 Å². The summed E-state index contributed by atoms with van der Waals surface area (Å²) in [4.78, 5) is 8.91. The van der Waals surface area contributed by atoms with Crippen LogP contribution in [0.5, 0.6) is 0 Å². The van der Waals surface area contributed by atoms with E-state index in [1.54, 1.807) is 0 Å². The van der Waals surface area contributed by atoms with Crippen molar-refractivity contribution >= 4 is 0 Å². The van der Waals surface area contributed by atoms with Gasteiger partial charge in [-0.25, -0.2) is 9.97 Å². The summed E-state index contributed by atoms with van der Waals surface area (Å²) in [6.45, 7) is 2.24. The number of hydrogen-bond acceptors (Lipinski definition) is 3. The van der Waals surface area contributed by atoms with E-state index in [2.05, 4.69) is 23.0 Å². The Balaban J connectivity index is 1.83. The van der Waals surface area contributed by atoms with E-state index < -0.39 is 0 Å². The Bertz CT molecular complexity index is 594. The average Bonchev–Trinajstić information content (AvgIpc) is 2.59. The molecule has 0 unspecified atom stereocenters. The van der Waals surface area contributed by atoms with E-state index in [4.69, 9.17) is 5.26 Å². The van der Waals surface area contributed by atoms with Crippen molar-refractivity contribution in [2.24, 2.45) is 0 Å². The van der Waals surface area contributed by atoms with Gasteiger partial charge in [-0.05, 0) is 24.1 Å². The lowest BCUT2D eigenvalue weighted by Crippen LogP contribution is -1.95. The summed E-state index contributed by atoms with van der Waals surface area (Å²) < 4.78 is 0. The zero-order valence-corrected chi connectivity index (χ0v) is 13.3. The Morgan fingerprint density at radius 1 is 0.864 bits per heavy atom. The first kappa shape index (κ1) is 16.2. The molecule has 0 bridgehead atoms. The maximum absolute atomic E-state index is 8.81. The van der Waals surface area contributed by atoms with Gasteiger partial charge in [0.15, 0.2) is 0 Å². The van der Waals surface area contributed by atoms with Crippen molar-refractivity contribution in [1.82, 2.24) is 9.97 Å². The zero-order valence-electron chi connectivity index (χ0n) is 13.3. The van der Waals surface area contributed by atoms with E-state index >= 15 is 0 Å². The molecule has 2 rings (SSSR count). The molecule has 0 N–H and O–H groups in total. The molecule has 2 aromatic rings. The van der Waals surface area contributed by atoms with Crippen molar-refractivity contribution in [3.63, 3.8) is 0 Å². The average molecular weight is 293 g/mol. The van der Waals surface area contributed by atoms with Crippen LogP contribution in [0.3, 0.4) is 0 Å². The quantitative estimate of drug-likeness (QED) is 0.649. The maximum atomic E-state index is 8.81. The number of nitrogens with zero attached hydrogens (tertiary/aromatic N) is 3. The SMILES string of the molecule is CCCCCCCCc1ncc(-c2ccc(C#N)cc2)cn1. The molecular weight excluding hydrogens is 270 g/mol. The van der Waals surface area contributed by atoms with Crippen LogP contribution >= 0.6 is 0 Å². The molecule has 0 radical (unpaired) electrons. The third kappa shape index (κ3) is 4.96. The molecule has 0 aliphatic carbocycles. The van der Waals surface area contributed by atoms with Crippen LogP contribution in [0.2, 0.25) is 0 Å². The summed E-state index contributed by atoms with van der Waals surface area (Å²) in [5.41, 5.74) is 2.71. The molecule has 0 saturated heterocycles. The summed E-state index contributed by atoms with van der Waals surface area (Å²) in [5.74, 6) is 0.924. The molecule has 0 fully saturated rings. The normalized spacial score (nSPS) is 10.4. The molecule has 3 heteroatoms. The monoisotopic (exact) mass is 293 g/mol. The molecule has 114 valence electrons. The second-order valence-electron chi connectivity index (χ2n) is 5.59. The number of nitriles is 1. The van der Waals surface area contributed by atoms with Crippen LogP contribution in [-0.4, -0.2) is 9.97 Å². The van der Waals surface area contributed by atoms with Crippen LogP contribution in [-0.2, 0) is 6.42 Å². The highest BCUT2D eigenvalue weighted by Crippen LogP contribution is 2.18. The van der Waals surface area contributed by atoms with Gasteiger partial charge in [0, 0.05) is 24.4 Å². The van der Waals surface area contributed by atoms with Crippen LogP contribution in [0, 0.1) is 11.3 Å². The summed E-state index contributed by atoms with van der Waals surface area (Å²) >= 11 is 0. The minimum absolute atomic E-state index is 0.671. The topological polar surface area (TPSA) is 49.6 Å². The van der Waals surface area contributed by atoms with Gasteiger partial charge in [0.2, 0.25) is 0 Å². The summed E-state index contributed by atoms with van der Waals surface area (Å²) in [6.07, 6.45) is 12.4. The predicted octanol–water partition coefficient (Wildman–Crippen LogP) is 4.92. The Morgan fingerprint density at radius 2 is 1.50 bits per heavy atom. The van der Waals surface area contributed by atoms with Crippen LogP contribution in [0.15, 0.2) is 36.7 Å². The summed E-state index contributed by atoms with van der Waals surface area (Å²) in [5, 5.41) is 8.81. The van der Waals surface area contributed by atoms with Gasteiger partial charge in [0.1, 0.15) is 5.82 Å². The molecule has 22 heavy (non-hydrogen) atoms. The lowest BCUT2D eigenvalue weighted by atomic mass is 10.1. The van der Waals surface area contributed by atoms with E-state index in [0.717, 1.165) is 23.4 Å². The highest BCUT2D eigenvalue weighted by atomic mass is 14.9. The number of aryl methyl sites for hydroxylation is 1. The fourth-order valence-corrected chi connectivity index (χ4v) is 2.43. The number of hydrogen-bond donors (Lipinski definition) is 0. The number of unbranched alkanes of at least 4 members (excludes halogenated alkanes) is 5. The Kier molecular flexibility index (Phi) is 6.57. The van der Waals surface area contributed by atoms with Crippen LogP contribution in [0.4, 0.5) is 0 Å². The molecule has 0 saturated carbocycles. The van der Waals surface area contributed by atoms with E-state index in [0.29, 0.717) is 5.56 Å². The third-order valence-corrected chi connectivity index (χ3v) is 3.81. The summed E-state index contributed by atoms with van der Waals surface area (Å²) in [7, 11) is 0. The van der Waals surface area contributed by atoms with Crippen LogP contribution < -0.4 is 0 Å². The fraction of sp³-hybridized carbons (Fsp3) is 0.421. The van der Waals surface area contributed by atoms with Crippen molar-refractivity contribution < 1.29 is 0 Å². The van der Waals surface area contributed by atoms with Crippen LogP contribution in [0.1, 0.15) is 56.8 Å². The minimum Gasteiger partial charge on any atom is -0.241 e. The van der Waals surface area contributed by atoms with Crippen LogP contribution in [0.25, 0.3) is 11.1 Å². The fourth-order valence-electron chi connectivity index (χ4n) is 2.43. The van der Waals surface area contributed by atoms with E-state index in [1.807, 2.05) is 36.7 Å². The molecule has 3 nitrogen and oxygen atoms in total. The third-order valence-electron chi connectivity index (χ3n) is 3.81. The first-order valence-electron chi connectivity index (χ1n) is 8.15. The van der Waals surface area contributed by atoms with Gasteiger partial charge in [-0.1, -0.05) is 51.2 Å². The van der Waals surface area contributed by atoms with Gasteiger partial charge in [-0.3, -0.25) is 0 Å². The first-order valence-corrected chi connectivity index (χ1v) is 8.15. The van der Waals surface area contributed by atoms with Gasteiger partial charge in [0.05, 0.1) is 11.6 Å². The maximum Gasteiger partial charge on any atom is 0.128 e. The molecule has 1 heterocycles. The molecule has 0 spiro atoms. The van der Waals surface area contributed by atoms with Gasteiger partial charge < -0.3 is 0 Å². The first-order chi connectivity index (χ1) is 10.8. The van der Waals surface area contributed by atoms with E-state index in [1.165, 1.54) is 38.5 Å². The Hall–Kier alpha value is -2.21. The molecule has 0 aliphatic heterocycles. The molecule has 0 amide bonds. The molecule has 0 aliphatic rings. The second kappa shape index (κ2) is 8.94. The van der Waals surface area contributed by atoms with Gasteiger partial charge >= 0.3 is 0 Å². The van der Waals surface area contributed by atoms with Crippen molar-refractivity contribution in [2.45, 2.75) is 51.9 Å². The van der Waals surface area contributed by atoms with Gasteiger partial charge in [-0.2, -0.15) is 5.26 Å².